The molecule has 0 atom stereocenters. The minimum Gasteiger partial charge on any atom is -0.310 e. The summed E-state index contributed by atoms with van der Waals surface area (Å²) in [6.45, 7) is 4.74. The predicted molar refractivity (Wildman–Crippen MR) is 382 cm³/mol. The van der Waals surface area contributed by atoms with Crippen molar-refractivity contribution in [3.05, 3.63) is 327 Å². The van der Waals surface area contributed by atoms with Crippen molar-refractivity contribution in [3.8, 4) is 33.4 Å². The molecule has 2 heteroatoms. The summed E-state index contributed by atoms with van der Waals surface area (Å²) in [6, 6.07) is 118. The van der Waals surface area contributed by atoms with Crippen molar-refractivity contribution in [1.82, 2.24) is 0 Å². The summed E-state index contributed by atoms with van der Waals surface area (Å²) < 4.78 is 0. The summed E-state index contributed by atoms with van der Waals surface area (Å²) in [5.41, 5.74) is 16.7. The van der Waals surface area contributed by atoms with Crippen molar-refractivity contribution in [3.63, 3.8) is 0 Å². The maximum absolute atomic E-state index is 2.47. The Labute approximate surface area is 517 Å². The lowest BCUT2D eigenvalue weighted by Crippen LogP contribution is -2.16. The fourth-order valence-corrected chi connectivity index (χ4v) is 15.0. The number of fused-ring (bicyclic) bond motifs is 17. The molecule has 0 amide bonds. The smallest absolute Gasteiger partial charge is 0.0540 e. The van der Waals surface area contributed by atoms with Crippen LogP contribution >= 0.6 is 0 Å². The summed E-state index contributed by atoms with van der Waals surface area (Å²) in [6.07, 6.45) is 0. The van der Waals surface area contributed by atoms with Gasteiger partial charge in [0.05, 0.1) is 5.69 Å². The highest BCUT2D eigenvalue weighted by Gasteiger charge is 2.36. The molecule has 2 nitrogen and oxygen atoms in total. The highest BCUT2D eigenvalue weighted by atomic mass is 15.1. The van der Waals surface area contributed by atoms with E-state index in [9.17, 15) is 0 Å². The van der Waals surface area contributed by atoms with E-state index in [2.05, 4.69) is 339 Å². The highest BCUT2D eigenvalue weighted by Crippen LogP contribution is 2.52. The molecule has 0 N–H and O–H groups in total. The van der Waals surface area contributed by atoms with Crippen LogP contribution in [-0.4, -0.2) is 0 Å². The number of nitrogens with zero attached hydrogens (tertiary/aromatic N) is 2. The molecule has 89 heavy (non-hydrogen) atoms. The van der Waals surface area contributed by atoms with Crippen molar-refractivity contribution < 1.29 is 0 Å². The predicted octanol–water partition coefficient (Wildman–Crippen LogP) is 24.6. The molecule has 0 saturated heterocycles. The molecule has 0 saturated carbocycles. The first-order chi connectivity index (χ1) is 43.8. The van der Waals surface area contributed by atoms with Gasteiger partial charge < -0.3 is 9.80 Å². The van der Waals surface area contributed by atoms with E-state index in [1.807, 2.05) is 0 Å². The molecule has 416 valence electrons. The van der Waals surface area contributed by atoms with E-state index in [0.717, 1.165) is 34.1 Å². The number of benzene rings is 17. The minimum absolute atomic E-state index is 0.137. The second-order valence-corrected chi connectivity index (χ2v) is 24.8. The van der Waals surface area contributed by atoms with Gasteiger partial charge in [-0.25, -0.2) is 0 Å². The van der Waals surface area contributed by atoms with Crippen LogP contribution < -0.4 is 9.80 Å². The van der Waals surface area contributed by atoms with Crippen LogP contribution in [0.25, 0.3) is 130 Å². The van der Waals surface area contributed by atoms with Crippen molar-refractivity contribution in [2.24, 2.45) is 0 Å². The number of hydrogen-bond donors (Lipinski definition) is 0. The third-order valence-electron chi connectivity index (χ3n) is 19.5. The van der Waals surface area contributed by atoms with Crippen LogP contribution in [0, 0.1) is 0 Å². The Morgan fingerprint density at radius 2 is 0.629 bits per heavy atom. The Morgan fingerprint density at radius 1 is 0.202 bits per heavy atom. The van der Waals surface area contributed by atoms with Crippen molar-refractivity contribution >= 4 is 131 Å². The Hall–Kier alpha value is -11.3. The van der Waals surface area contributed by atoms with E-state index >= 15 is 0 Å². The fraction of sp³-hybridized carbons (Fsp3) is 0.0345. The molecule has 1 aliphatic carbocycles. The molecule has 18 rings (SSSR count). The second-order valence-electron chi connectivity index (χ2n) is 24.8. The molecular weight excluding hydrogens is 1070 g/mol. The van der Waals surface area contributed by atoms with Crippen LogP contribution in [0.4, 0.5) is 34.1 Å². The summed E-state index contributed by atoms with van der Waals surface area (Å²) >= 11 is 0. The van der Waals surface area contributed by atoms with E-state index in [1.165, 1.54) is 141 Å². The monoisotopic (exact) mass is 1130 g/mol. The second kappa shape index (κ2) is 19.9. The first kappa shape index (κ1) is 51.0. The third kappa shape index (κ3) is 8.18. The van der Waals surface area contributed by atoms with Gasteiger partial charge >= 0.3 is 0 Å². The molecule has 17 aromatic carbocycles. The van der Waals surface area contributed by atoms with Crippen LogP contribution in [0.15, 0.2) is 315 Å². The third-order valence-corrected chi connectivity index (χ3v) is 19.5. The Balaban J connectivity index is 0.755. The van der Waals surface area contributed by atoms with Gasteiger partial charge in [0.15, 0.2) is 0 Å². The number of hydrogen-bond acceptors (Lipinski definition) is 2. The first-order valence-electron chi connectivity index (χ1n) is 31.0. The molecule has 0 aromatic heterocycles. The van der Waals surface area contributed by atoms with E-state index < -0.39 is 0 Å². The molecule has 0 unspecified atom stereocenters. The summed E-state index contributed by atoms with van der Waals surface area (Å²) in [4.78, 5) is 4.92. The zero-order valence-electron chi connectivity index (χ0n) is 49.4. The van der Waals surface area contributed by atoms with Gasteiger partial charge in [-0.1, -0.05) is 250 Å². The molecular formula is C87H58N2. The van der Waals surface area contributed by atoms with Crippen molar-refractivity contribution in [1.29, 1.82) is 0 Å². The van der Waals surface area contributed by atoms with E-state index in [1.54, 1.807) is 0 Å². The van der Waals surface area contributed by atoms with Crippen molar-refractivity contribution in [2.45, 2.75) is 19.3 Å². The first-order valence-corrected chi connectivity index (χ1v) is 31.0. The van der Waals surface area contributed by atoms with Gasteiger partial charge in [0.2, 0.25) is 0 Å². The topological polar surface area (TPSA) is 6.48 Å². The van der Waals surface area contributed by atoms with E-state index in [0.29, 0.717) is 0 Å². The zero-order valence-corrected chi connectivity index (χ0v) is 49.4. The summed E-state index contributed by atoms with van der Waals surface area (Å²) in [5.74, 6) is 0. The molecule has 17 aromatic rings. The van der Waals surface area contributed by atoms with E-state index in [4.69, 9.17) is 0 Å². The standard InChI is InChI=1S/C87H58N2/c1-87(2)84-21-11-10-19-79(84)80-46-41-70(54-85(80)87)88(66-36-29-56(30-37-66)55-13-4-3-5-14-55)69-39-32-61-35-43-77-78(83(61)53-69)44-34-60-24-27-63(52-82(60)77)62-26-23-57-31-38-67(51-65(57)49-62)89(68-40-45-73-64(50-68)28-25-58-15-6-8-17-71(58)73)86-22-12-20-74-76-42-33-59-16-7-9-18-72(59)75(76)47-48-81(74)86/h3-54H,1-2H3. The maximum atomic E-state index is 2.47. The van der Waals surface area contributed by atoms with Crippen LogP contribution in [-0.2, 0) is 5.41 Å². The fourth-order valence-electron chi connectivity index (χ4n) is 15.0. The van der Waals surface area contributed by atoms with Gasteiger partial charge in [0, 0.05) is 39.2 Å². The lowest BCUT2D eigenvalue weighted by molar-refractivity contribution is 0.660. The van der Waals surface area contributed by atoms with E-state index in [-0.39, 0.29) is 5.41 Å². The Bertz CT molecular complexity index is 5780. The van der Waals surface area contributed by atoms with Gasteiger partial charge in [-0.05, 0) is 215 Å². The normalized spacial score (nSPS) is 12.7. The van der Waals surface area contributed by atoms with Gasteiger partial charge in [0.1, 0.15) is 0 Å². The van der Waals surface area contributed by atoms with Crippen molar-refractivity contribution in [2.75, 3.05) is 9.80 Å². The van der Waals surface area contributed by atoms with Crippen LogP contribution in [0.2, 0.25) is 0 Å². The molecule has 0 spiro atoms. The number of anilines is 6. The molecule has 0 bridgehead atoms. The SMILES string of the molecule is CC1(C)c2ccccc2-c2ccc(N(c3ccc(-c4ccccc4)cc3)c3ccc4ccc5c6cc(-c7ccc8ccc(N(c9ccc%10c(ccc%11ccccc%11%10)c9)c9cccc%10c9ccc9c%11ccccc%11ccc%109)cc8c7)ccc6ccc5c4c3)cc21. The minimum atomic E-state index is -0.137. The van der Waals surface area contributed by atoms with Gasteiger partial charge in [-0.15, -0.1) is 0 Å². The van der Waals surface area contributed by atoms with Gasteiger partial charge in [-0.3, -0.25) is 0 Å². The lowest BCUT2D eigenvalue weighted by Gasteiger charge is -2.28. The summed E-state index contributed by atoms with van der Waals surface area (Å²) in [7, 11) is 0. The maximum Gasteiger partial charge on any atom is 0.0540 e. The van der Waals surface area contributed by atoms with Gasteiger partial charge in [-0.2, -0.15) is 0 Å². The number of rotatable bonds is 8. The average Bonchev–Trinajstić information content (AvgIpc) is 1.83. The lowest BCUT2D eigenvalue weighted by atomic mass is 9.82. The average molecular weight is 1130 g/mol. The summed E-state index contributed by atoms with van der Waals surface area (Å²) in [5, 5.41) is 22.2. The quantitative estimate of drug-likeness (QED) is 0.140. The molecule has 0 aliphatic heterocycles. The van der Waals surface area contributed by atoms with Crippen LogP contribution in [0.1, 0.15) is 25.0 Å². The molecule has 0 radical (unpaired) electrons. The van der Waals surface area contributed by atoms with Gasteiger partial charge in [0.25, 0.3) is 0 Å². The molecule has 0 heterocycles. The zero-order chi connectivity index (χ0) is 58.9. The molecule has 1 aliphatic rings. The highest BCUT2D eigenvalue weighted by molar-refractivity contribution is 6.21. The Kier molecular flexibility index (Phi) is 11.4. The van der Waals surface area contributed by atoms with Crippen LogP contribution in [0.3, 0.4) is 0 Å². The largest absolute Gasteiger partial charge is 0.310 e. The Morgan fingerprint density at radius 3 is 1.40 bits per heavy atom. The molecule has 0 fully saturated rings. The van der Waals surface area contributed by atoms with Crippen LogP contribution in [0.5, 0.6) is 0 Å².